The van der Waals surface area contributed by atoms with Crippen molar-refractivity contribution in [2.24, 2.45) is 0 Å². The number of nitrogens with one attached hydrogen (secondary N) is 3. The van der Waals surface area contributed by atoms with Crippen LogP contribution < -0.4 is 16.0 Å². The molecular weight excluding hydrogens is 422 g/mol. The van der Waals surface area contributed by atoms with Crippen molar-refractivity contribution in [3.05, 3.63) is 58.7 Å². The van der Waals surface area contributed by atoms with Gasteiger partial charge in [-0.15, -0.1) is 0 Å². The molecule has 0 fully saturated rings. The average molecular weight is 454 g/mol. The van der Waals surface area contributed by atoms with Crippen molar-refractivity contribution in [3.63, 3.8) is 0 Å². The zero-order chi connectivity index (χ0) is 22.9. The number of anilines is 2. The third-order valence-corrected chi connectivity index (χ3v) is 6.23. The van der Waals surface area contributed by atoms with Gasteiger partial charge in [-0.3, -0.25) is 14.4 Å². The minimum atomic E-state index is -0.122. The average Bonchev–Trinajstić information content (AvgIpc) is 2.82. The Bertz CT molecular complexity index is 990. The summed E-state index contributed by atoms with van der Waals surface area (Å²) in [4.78, 5) is 37.9. The van der Waals surface area contributed by atoms with E-state index in [-0.39, 0.29) is 17.5 Å². The second-order valence-electron chi connectivity index (χ2n) is 7.80. The lowest BCUT2D eigenvalue weighted by molar-refractivity contribution is -0.120. The molecule has 0 heterocycles. The number of carbonyl (C=O) groups excluding carboxylic acids is 3. The standard InChI is InChI=1S/C25H31N3O3S/c1-26-19-11-12-20(27-14-7-3-4-8-15-28-21(29)13-16-32-2)23-22(19)24(30)17-9-5-6-10-18(17)25(23)31/h5-6,9-12,26-27H,3-4,7-8,13-16H2,1-2H3,(H,28,29). The lowest BCUT2D eigenvalue weighted by atomic mass is 9.82. The van der Waals surface area contributed by atoms with Crippen LogP contribution in [0.15, 0.2) is 36.4 Å². The fraction of sp³-hybridized carbons (Fsp3) is 0.400. The van der Waals surface area contributed by atoms with E-state index >= 15 is 0 Å². The number of benzene rings is 2. The van der Waals surface area contributed by atoms with Gasteiger partial charge in [0.2, 0.25) is 5.91 Å². The van der Waals surface area contributed by atoms with Crippen molar-refractivity contribution in [1.82, 2.24) is 5.32 Å². The highest BCUT2D eigenvalue weighted by Gasteiger charge is 2.33. The molecule has 1 amide bonds. The van der Waals surface area contributed by atoms with Crippen LogP contribution in [0, 0.1) is 0 Å². The van der Waals surface area contributed by atoms with E-state index in [4.69, 9.17) is 0 Å². The number of fused-ring (bicyclic) bond motifs is 2. The van der Waals surface area contributed by atoms with Crippen LogP contribution in [0.25, 0.3) is 0 Å². The van der Waals surface area contributed by atoms with Gasteiger partial charge in [-0.1, -0.05) is 37.1 Å². The molecule has 3 rings (SSSR count). The molecule has 0 bridgehead atoms. The molecule has 2 aromatic rings. The number of unbranched alkanes of at least 4 members (excludes halogenated alkanes) is 3. The van der Waals surface area contributed by atoms with E-state index in [2.05, 4.69) is 16.0 Å². The van der Waals surface area contributed by atoms with Gasteiger partial charge in [-0.25, -0.2) is 0 Å². The first-order chi connectivity index (χ1) is 15.6. The summed E-state index contributed by atoms with van der Waals surface area (Å²) in [7, 11) is 1.76. The Labute approximate surface area is 193 Å². The Morgan fingerprint density at radius 1 is 0.844 bits per heavy atom. The topological polar surface area (TPSA) is 87.3 Å². The molecule has 1 aliphatic carbocycles. The van der Waals surface area contributed by atoms with Gasteiger partial charge in [0.25, 0.3) is 0 Å². The van der Waals surface area contributed by atoms with Crippen LogP contribution >= 0.6 is 11.8 Å². The third-order valence-electron chi connectivity index (χ3n) is 5.62. The number of hydrogen-bond acceptors (Lipinski definition) is 6. The summed E-state index contributed by atoms with van der Waals surface area (Å²) in [6.07, 6.45) is 6.54. The number of rotatable bonds is 12. The van der Waals surface area contributed by atoms with Gasteiger partial charge >= 0.3 is 0 Å². The lowest BCUT2D eigenvalue weighted by Gasteiger charge is -2.23. The number of hydrogen-bond donors (Lipinski definition) is 3. The Morgan fingerprint density at radius 2 is 1.44 bits per heavy atom. The van der Waals surface area contributed by atoms with Crippen molar-refractivity contribution in [2.45, 2.75) is 32.1 Å². The molecule has 0 unspecified atom stereocenters. The molecule has 170 valence electrons. The van der Waals surface area contributed by atoms with Crippen molar-refractivity contribution in [2.75, 3.05) is 42.8 Å². The van der Waals surface area contributed by atoms with Crippen molar-refractivity contribution in [3.8, 4) is 0 Å². The molecule has 0 saturated heterocycles. The third kappa shape index (κ3) is 5.51. The second kappa shape index (κ2) is 11.7. The largest absolute Gasteiger partial charge is 0.388 e. The summed E-state index contributed by atoms with van der Waals surface area (Å²) in [6, 6.07) is 10.7. The molecule has 32 heavy (non-hydrogen) atoms. The van der Waals surface area contributed by atoms with E-state index in [1.165, 1.54) is 0 Å². The van der Waals surface area contributed by atoms with Crippen LogP contribution in [-0.2, 0) is 4.79 Å². The quantitative estimate of drug-likeness (QED) is 0.354. The maximum absolute atomic E-state index is 13.2. The molecule has 1 aliphatic rings. The highest BCUT2D eigenvalue weighted by atomic mass is 32.2. The summed E-state index contributed by atoms with van der Waals surface area (Å²) in [5.74, 6) is 0.738. The smallest absolute Gasteiger partial charge is 0.220 e. The lowest BCUT2D eigenvalue weighted by Crippen LogP contribution is -2.24. The molecule has 3 N–H and O–H groups in total. The first kappa shape index (κ1) is 23.9. The number of thioether (sulfide) groups is 1. The molecule has 7 heteroatoms. The van der Waals surface area contributed by atoms with Gasteiger partial charge < -0.3 is 16.0 Å². The molecule has 6 nitrogen and oxygen atoms in total. The van der Waals surface area contributed by atoms with E-state index < -0.39 is 0 Å². The first-order valence-electron chi connectivity index (χ1n) is 11.1. The maximum Gasteiger partial charge on any atom is 0.220 e. The SMILES string of the molecule is CNc1ccc(NCCCCCCNC(=O)CCSC)c2c1C(=O)c1ccccc1C2=O. The van der Waals surface area contributed by atoms with Crippen LogP contribution in [0.2, 0.25) is 0 Å². The maximum atomic E-state index is 13.2. The van der Waals surface area contributed by atoms with E-state index in [9.17, 15) is 14.4 Å². The van der Waals surface area contributed by atoms with Gasteiger partial charge in [0.15, 0.2) is 11.6 Å². The van der Waals surface area contributed by atoms with Crippen LogP contribution in [0.4, 0.5) is 11.4 Å². The molecule has 0 atom stereocenters. The highest BCUT2D eigenvalue weighted by molar-refractivity contribution is 7.98. The minimum Gasteiger partial charge on any atom is -0.388 e. The van der Waals surface area contributed by atoms with Gasteiger partial charge in [0, 0.05) is 54.8 Å². The number of carbonyl (C=O) groups is 3. The Kier molecular flexibility index (Phi) is 8.73. The predicted molar refractivity (Wildman–Crippen MR) is 132 cm³/mol. The fourth-order valence-electron chi connectivity index (χ4n) is 3.92. The molecule has 0 aromatic heterocycles. The second-order valence-corrected chi connectivity index (χ2v) is 8.78. The van der Waals surface area contributed by atoms with Gasteiger partial charge in [-0.05, 0) is 31.2 Å². The van der Waals surface area contributed by atoms with Crippen LogP contribution in [0.5, 0.6) is 0 Å². The summed E-state index contributed by atoms with van der Waals surface area (Å²) in [6.45, 7) is 1.43. The summed E-state index contributed by atoms with van der Waals surface area (Å²) in [5, 5.41) is 9.37. The molecule has 0 saturated carbocycles. The van der Waals surface area contributed by atoms with E-state index in [0.29, 0.717) is 46.6 Å². The normalized spacial score (nSPS) is 12.2. The van der Waals surface area contributed by atoms with Gasteiger partial charge in [0.1, 0.15) is 0 Å². The van der Waals surface area contributed by atoms with Crippen LogP contribution in [-0.4, -0.2) is 49.6 Å². The van der Waals surface area contributed by atoms with Crippen molar-refractivity contribution < 1.29 is 14.4 Å². The number of ketones is 2. The Hall–Kier alpha value is -2.80. The predicted octanol–water partition coefficient (Wildman–Crippen LogP) is 4.35. The monoisotopic (exact) mass is 453 g/mol. The van der Waals surface area contributed by atoms with Crippen molar-refractivity contribution in [1.29, 1.82) is 0 Å². The first-order valence-corrected chi connectivity index (χ1v) is 12.5. The Morgan fingerprint density at radius 3 is 2.06 bits per heavy atom. The molecular formula is C25H31N3O3S. The van der Waals surface area contributed by atoms with Crippen LogP contribution in [0.1, 0.15) is 63.9 Å². The van der Waals surface area contributed by atoms with E-state index in [1.54, 1.807) is 43.1 Å². The van der Waals surface area contributed by atoms with E-state index in [0.717, 1.165) is 38.0 Å². The molecule has 2 aromatic carbocycles. The molecule has 0 spiro atoms. The molecule has 0 radical (unpaired) electrons. The molecule has 0 aliphatic heterocycles. The zero-order valence-electron chi connectivity index (χ0n) is 18.8. The van der Waals surface area contributed by atoms with Crippen molar-refractivity contribution >= 4 is 40.6 Å². The van der Waals surface area contributed by atoms with Gasteiger partial charge in [-0.2, -0.15) is 11.8 Å². The van der Waals surface area contributed by atoms with E-state index in [1.807, 2.05) is 18.4 Å². The summed E-state index contributed by atoms with van der Waals surface area (Å²) < 4.78 is 0. The minimum absolute atomic E-state index is 0.119. The highest BCUT2D eigenvalue weighted by Crippen LogP contribution is 2.36. The summed E-state index contributed by atoms with van der Waals surface area (Å²) >= 11 is 1.68. The van der Waals surface area contributed by atoms with Crippen LogP contribution in [0.3, 0.4) is 0 Å². The Balaban J connectivity index is 1.55. The summed E-state index contributed by atoms with van der Waals surface area (Å²) in [5.41, 5.74) is 3.18. The number of amides is 1. The zero-order valence-corrected chi connectivity index (χ0v) is 19.6. The van der Waals surface area contributed by atoms with Gasteiger partial charge in [0.05, 0.1) is 11.1 Å². The fourth-order valence-corrected chi connectivity index (χ4v) is 4.31.